The summed E-state index contributed by atoms with van der Waals surface area (Å²) in [5.74, 6) is 0.710. The molecule has 2 aliphatic heterocycles. The minimum Gasteiger partial charge on any atom is -0.333 e. The van der Waals surface area contributed by atoms with Gasteiger partial charge in [-0.15, -0.1) is 0 Å². The quantitative estimate of drug-likeness (QED) is 0.845. The third-order valence-electron chi connectivity index (χ3n) is 3.90. The van der Waals surface area contributed by atoms with Gasteiger partial charge in [-0.25, -0.2) is 0 Å². The van der Waals surface area contributed by atoms with Gasteiger partial charge < -0.3 is 9.80 Å². The first kappa shape index (κ1) is 12.1. The number of amides is 1. The van der Waals surface area contributed by atoms with Crippen LogP contribution in [0.5, 0.6) is 0 Å². The lowest BCUT2D eigenvalue weighted by molar-refractivity contribution is -0.115. The summed E-state index contributed by atoms with van der Waals surface area (Å²) in [5, 5.41) is 0. The summed E-state index contributed by atoms with van der Waals surface area (Å²) >= 11 is 0. The fraction of sp³-hybridized carbons (Fsp3) is 0.176. The summed E-state index contributed by atoms with van der Waals surface area (Å²) in [7, 11) is 0. The smallest absolute Gasteiger partial charge is 0.268 e. The Kier molecular flexibility index (Phi) is 2.74. The van der Waals surface area contributed by atoms with Crippen molar-refractivity contribution in [3.8, 4) is 0 Å². The molecule has 4 nitrogen and oxygen atoms in total. The molecule has 0 fully saturated rings. The van der Waals surface area contributed by atoms with Gasteiger partial charge >= 0.3 is 0 Å². The second-order valence-corrected chi connectivity index (χ2v) is 5.36. The molecule has 21 heavy (non-hydrogen) atoms. The van der Waals surface area contributed by atoms with E-state index in [2.05, 4.69) is 34.2 Å². The van der Waals surface area contributed by atoms with Crippen molar-refractivity contribution in [1.82, 2.24) is 4.90 Å². The molecule has 2 aromatic rings. The maximum atomic E-state index is 11.8. The summed E-state index contributed by atoms with van der Waals surface area (Å²) in [5.41, 5.74) is 3.56. The van der Waals surface area contributed by atoms with Gasteiger partial charge in [-0.2, -0.15) is 4.99 Å². The first-order valence-corrected chi connectivity index (χ1v) is 7.07. The van der Waals surface area contributed by atoms with E-state index in [1.807, 2.05) is 35.2 Å². The van der Waals surface area contributed by atoms with Crippen LogP contribution in [0.4, 0.5) is 5.69 Å². The zero-order valence-corrected chi connectivity index (χ0v) is 11.6. The van der Waals surface area contributed by atoms with E-state index in [1.54, 1.807) is 0 Å². The fourth-order valence-electron chi connectivity index (χ4n) is 2.96. The molecule has 2 aliphatic rings. The highest BCUT2D eigenvalue weighted by Crippen LogP contribution is 2.31. The molecule has 2 heterocycles. The van der Waals surface area contributed by atoms with Crippen LogP contribution < -0.4 is 4.90 Å². The number of carbonyl (C=O) groups excluding carboxylic acids is 1. The highest BCUT2D eigenvalue weighted by atomic mass is 16.2. The van der Waals surface area contributed by atoms with Crippen molar-refractivity contribution in [2.24, 2.45) is 4.99 Å². The molecule has 0 saturated carbocycles. The van der Waals surface area contributed by atoms with Gasteiger partial charge in [0.1, 0.15) is 6.54 Å². The summed E-state index contributed by atoms with van der Waals surface area (Å²) in [6.45, 7) is 1.89. The number of hydrogen-bond donors (Lipinski definition) is 0. The number of aliphatic imine (C=N–C) groups is 1. The summed E-state index contributed by atoms with van der Waals surface area (Å²) in [4.78, 5) is 20.2. The minimum atomic E-state index is -0.0697. The molecule has 0 radical (unpaired) electrons. The molecular weight excluding hydrogens is 262 g/mol. The van der Waals surface area contributed by atoms with Crippen molar-refractivity contribution in [2.75, 3.05) is 11.4 Å². The van der Waals surface area contributed by atoms with Gasteiger partial charge in [-0.1, -0.05) is 48.5 Å². The molecular formula is C17H15N3O. The van der Waals surface area contributed by atoms with E-state index in [0.29, 0.717) is 6.54 Å². The highest BCUT2D eigenvalue weighted by Gasteiger charge is 2.34. The van der Waals surface area contributed by atoms with Crippen LogP contribution in [0.25, 0.3) is 0 Å². The lowest BCUT2D eigenvalue weighted by Gasteiger charge is -2.36. The Morgan fingerprint density at radius 3 is 2.57 bits per heavy atom. The minimum absolute atomic E-state index is 0.0697. The Morgan fingerprint density at radius 2 is 1.71 bits per heavy atom. The number of para-hydroxylation sites is 1. The number of hydrogen-bond acceptors (Lipinski definition) is 3. The summed E-state index contributed by atoms with van der Waals surface area (Å²) in [6, 6.07) is 18.5. The lowest BCUT2D eigenvalue weighted by Crippen LogP contribution is -2.45. The van der Waals surface area contributed by atoms with Crippen LogP contribution in [0.1, 0.15) is 11.1 Å². The summed E-state index contributed by atoms with van der Waals surface area (Å²) < 4.78 is 0. The van der Waals surface area contributed by atoms with Crippen molar-refractivity contribution < 1.29 is 4.79 Å². The maximum Gasteiger partial charge on any atom is 0.268 e. The molecule has 0 aromatic heterocycles. The SMILES string of the molecule is O=C1CN2C(=N1)N(Cc1ccccc1)Cc1ccccc12. The van der Waals surface area contributed by atoms with E-state index in [4.69, 9.17) is 0 Å². The van der Waals surface area contributed by atoms with E-state index in [9.17, 15) is 4.79 Å². The van der Waals surface area contributed by atoms with Crippen LogP contribution >= 0.6 is 0 Å². The van der Waals surface area contributed by atoms with E-state index < -0.39 is 0 Å². The van der Waals surface area contributed by atoms with Crippen LogP contribution in [0.15, 0.2) is 59.6 Å². The normalized spacial score (nSPS) is 16.6. The van der Waals surface area contributed by atoms with Gasteiger partial charge in [0.2, 0.25) is 5.96 Å². The number of guanidine groups is 1. The zero-order valence-electron chi connectivity index (χ0n) is 11.6. The topological polar surface area (TPSA) is 35.9 Å². The molecule has 0 saturated heterocycles. The summed E-state index contributed by atoms with van der Waals surface area (Å²) in [6.07, 6.45) is 0. The average molecular weight is 277 g/mol. The molecule has 0 atom stereocenters. The maximum absolute atomic E-state index is 11.8. The van der Waals surface area contributed by atoms with Gasteiger partial charge in [0.15, 0.2) is 0 Å². The molecule has 0 spiro atoms. The zero-order chi connectivity index (χ0) is 14.2. The Labute approximate surface area is 123 Å². The van der Waals surface area contributed by atoms with Gasteiger partial charge in [0.25, 0.3) is 5.91 Å². The van der Waals surface area contributed by atoms with Crippen molar-refractivity contribution >= 4 is 17.6 Å². The van der Waals surface area contributed by atoms with E-state index in [-0.39, 0.29) is 5.91 Å². The number of anilines is 1. The second-order valence-electron chi connectivity index (χ2n) is 5.36. The average Bonchev–Trinajstić information content (AvgIpc) is 2.91. The van der Waals surface area contributed by atoms with E-state index in [1.165, 1.54) is 11.1 Å². The van der Waals surface area contributed by atoms with Crippen LogP contribution in [0, 0.1) is 0 Å². The number of carbonyl (C=O) groups is 1. The van der Waals surface area contributed by atoms with Crippen molar-refractivity contribution in [3.05, 3.63) is 65.7 Å². The Hall–Kier alpha value is -2.62. The fourth-order valence-corrected chi connectivity index (χ4v) is 2.96. The third-order valence-corrected chi connectivity index (χ3v) is 3.90. The monoisotopic (exact) mass is 277 g/mol. The first-order valence-electron chi connectivity index (χ1n) is 7.07. The molecule has 0 N–H and O–H groups in total. The third kappa shape index (κ3) is 2.09. The largest absolute Gasteiger partial charge is 0.333 e. The number of nitrogens with zero attached hydrogens (tertiary/aromatic N) is 3. The molecule has 4 heteroatoms. The van der Waals surface area contributed by atoms with Gasteiger partial charge in [-0.3, -0.25) is 4.79 Å². The molecule has 0 aliphatic carbocycles. The number of benzene rings is 2. The molecule has 104 valence electrons. The molecule has 0 unspecified atom stereocenters. The molecule has 0 bridgehead atoms. The number of rotatable bonds is 2. The highest BCUT2D eigenvalue weighted by molar-refractivity contribution is 6.12. The predicted octanol–water partition coefficient (Wildman–Crippen LogP) is 2.41. The molecule has 2 aromatic carbocycles. The van der Waals surface area contributed by atoms with Gasteiger partial charge in [0, 0.05) is 18.8 Å². The molecule has 4 rings (SSSR count). The molecule has 1 amide bonds. The second kappa shape index (κ2) is 4.74. The first-order chi connectivity index (χ1) is 10.3. The van der Waals surface area contributed by atoms with Crippen LogP contribution in [-0.2, 0) is 17.9 Å². The van der Waals surface area contributed by atoms with Gasteiger partial charge in [-0.05, 0) is 17.2 Å². The Bertz CT molecular complexity index is 724. The van der Waals surface area contributed by atoms with Gasteiger partial charge in [0.05, 0.1) is 0 Å². The van der Waals surface area contributed by atoms with Crippen molar-refractivity contribution in [2.45, 2.75) is 13.1 Å². The standard InChI is InChI=1S/C17H15N3O/c21-16-12-20-15-9-5-4-8-14(15)11-19(17(20)18-16)10-13-6-2-1-3-7-13/h1-9H,10-12H2. The number of fused-ring (bicyclic) bond motifs is 3. The van der Waals surface area contributed by atoms with Crippen LogP contribution in [0.2, 0.25) is 0 Å². The van der Waals surface area contributed by atoms with Crippen LogP contribution in [0.3, 0.4) is 0 Å². The Balaban J connectivity index is 1.72. The predicted molar refractivity (Wildman–Crippen MR) is 81.9 cm³/mol. The van der Waals surface area contributed by atoms with Crippen molar-refractivity contribution in [1.29, 1.82) is 0 Å². The van der Waals surface area contributed by atoms with E-state index in [0.717, 1.165) is 24.7 Å². The lowest BCUT2D eigenvalue weighted by atomic mass is 10.1. The van der Waals surface area contributed by atoms with Crippen molar-refractivity contribution in [3.63, 3.8) is 0 Å². The Morgan fingerprint density at radius 1 is 0.952 bits per heavy atom. The van der Waals surface area contributed by atoms with E-state index >= 15 is 0 Å². The van der Waals surface area contributed by atoms with Crippen LogP contribution in [-0.4, -0.2) is 23.3 Å².